The predicted molar refractivity (Wildman–Crippen MR) is 119 cm³/mol. The minimum absolute atomic E-state index is 0.0266. The number of para-hydroxylation sites is 1. The molecule has 9 heteroatoms. The summed E-state index contributed by atoms with van der Waals surface area (Å²) in [7, 11) is 3.51. The highest BCUT2D eigenvalue weighted by molar-refractivity contribution is 7.20. The number of piperidine rings is 1. The largest absolute Gasteiger partial charge is 0.344 e. The number of carbonyl (C=O) groups excluding carboxylic acids is 2. The summed E-state index contributed by atoms with van der Waals surface area (Å²) in [6.07, 6.45) is 4.86. The van der Waals surface area contributed by atoms with Crippen LogP contribution in [-0.2, 0) is 0 Å². The molecule has 3 aromatic heterocycles. The van der Waals surface area contributed by atoms with Crippen molar-refractivity contribution < 1.29 is 9.59 Å². The highest BCUT2D eigenvalue weighted by atomic mass is 32.1. The molecule has 0 spiro atoms. The average Bonchev–Trinajstić information content (AvgIpc) is 3.40. The van der Waals surface area contributed by atoms with Crippen LogP contribution in [0.15, 0.2) is 36.7 Å². The molecule has 31 heavy (non-hydrogen) atoms. The number of rotatable bonds is 3. The first-order valence-corrected chi connectivity index (χ1v) is 11.0. The summed E-state index contributed by atoms with van der Waals surface area (Å²) in [5.74, 6) is 0.0705. The Hall–Kier alpha value is -3.33. The molecule has 8 nitrogen and oxygen atoms in total. The van der Waals surface area contributed by atoms with Crippen molar-refractivity contribution in [1.29, 1.82) is 0 Å². The first-order valence-electron chi connectivity index (χ1n) is 10.2. The number of nitrogens with zero attached hydrogens (tertiary/aromatic N) is 5. The third-order valence-electron chi connectivity index (χ3n) is 5.83. The lowest BCUT2D eigenvalue weighted by molar-refractivity contribution is 0.0706. The van der Waals surface area contributed by atoms with Crippen molar-refractivity contribution in [3.8, 4) is 0 Å². The zero-order chi connectivity index (χ0) is 21.5. The van der Waals surface area contributed by atoms with Crippen LogP contribution in [0.4, 0.5) is 0 Å². The fourth-order valence-electron chi connectivity index (χ4n) is 4.23. The van der Waals surface area contributed by atoms with E-state index in [1.807, 2.05) is 29.2 Å². The summed E-state index contributed by atoms with van der Waals surface area (Å²) in [5.41, 5.74) is 3.10. The van der Waals surface area contributed by atoms with Crippen molar-refractivity contribution >= 4 is 44.4 Å². The molecular formula is C22H22N6O2S. The molecule has 2 amide bonds. The van der Waals surface area contributed by atoms with Gasteiger partial charge in [0.2, 0.25) is 0 Å². The molecule has 1 saturated heterocycles. The maximum Gasteiger partial charge on any atom is 0.274 e. The topological polar surface area (TPSA) is 95.1 Å². The third kappa shape index (κ3) is 3.34. The Morgan fingerprint density at radius 3 is 2.65 bits per heavy atom. The lowest BCUT2D eigenvalue weighted by Gasteiger charge is -2.32. The van der Waals surface area contributed by atoms with E-state index in [0.29, 0.717) is 23.7 Å². The summed E-state index contributed by atoms with van der Waals surface area (Å²) >= 11 is 1.40. The normalized spacial score (nSPS) is 15.0. The number of fused-ring (bicyclic) bond motifs is 2. The van der Waals surface area contributed by atoms with Crippen LogP contribution in [0.2, 0.25) is 0 Å². The number of benzene rings is 1. The van der Waals surface area contributed by atoms with Crippen molar-refractivity contribution in [3.05, 3.63) is 52.8 Å². The molecule has 4 aromatic rings. The number of carbonyl (C=O) groups is 2. The van der Waals surface area contributed by atoms with E-state index >= 15 is 0 Å². The van der Waals surface area contributed by atoms with Crippen molar-refractivity contribution in [1.82, 2.24) is 30.0 Å². The Morgan fingerprint density at radius 1 is 1.13 bits per heavy atom. The lowest BCUT2D eigenvalue weighted by atomic mass is 9.88. The molecule has 0 radical (unpaired) electrons. The molecule has 0 atom stereocenters. The van der Waals surface area contributed by atoms with Crippen molar-refractivity contribution in [2.75, 3.05) is 27.2 Å². The molecule has 1 N–H and O–H groups in total. The number of thiophene rings is 1. The molecule has 0 unspecified atom stereocenters. The van der Waals surface area contributed by atoms with Crippen molar-refractivity contribution in [2.24, 2.45) is 0 Å². The van der Waals surface area contributed by atoms with Crippen molar-refractivity contribution in [3.63, 3.8) is 0 Å². The van der Waals surface area contributed by atoms with Gasteiger partial charge >= 0.3 is 0 Å². The summed E-state index contributed by atoms with van der Waals surface area (Å²) < 4.78 is 0. The molecule has 0 bridgehead atoms. The molecule has 158 valence electrons. The fraction of sp³-hybridized carbons (Fsp3) is 0.318. The quantitative estimate of drug-likeness (QED) is 0.534. The Morgan fingerprint density at radius 2 is 1.87 bits per heavy atom. The molecule has 1 aromatic carbocycles. The fourth-order valence-corrected chi connectivity index (χ4v) is 5.44. The van der Waals surface area contributed by atoms with Crippen LogP contribution in [0.25, 0.3) is 21.3 Å². The van der Waals surface area contributed by atoms with Gasteiger partial charge in [-0.1, -0.05) is 18.2 Å². The number of hydrogen-bond acceptors (Lipinski definition) is 6. The number of aromatic amines is 1. The van der Waals surface area contributed by atoms with Crippen molar-refractivity contribution in [2.45, 2.75) is 18.8 Å². The van der Waals surface area contributed by atoms with Crippen LogP contribution in [0, 0.1) is 0 Å². The first kappa shape index (κ1) is 19.6. The van der Waals surface area contributed by atoms with Gasteiger partial charge in [0, 0.05) is 50.5 Å². The molecule has 1 aliphatic rings. The van der Waals surface area contributed by atoms with E-state index in [1.165, 1.54) is 11.3 Å². The Kier molecular flexibility index (Phi) is 4.90. The second kappa shape index (κ2) is 7.73. The number of aromatic nitrogens is 4. The van der Waals surface area contributed by atoms with Gasteiger partial charge in [-0.3, -0.25) is 19.7 Å². The zero-order valence-electron chi connectivity index (χ0n) is 17.3. The zero-order valence-corrected chi connectivity index (χ0v) is 18.1. The third-order valence-corrected chi connectivity index (χ3v) is 6.92. The highest BCUT2D eigenvalue weighted by Gasteiger charge is 2.32. The predicted octanol–water partition coefficient (Wildman–Crippen LogP) is 3.29. The number of H-pyrrole nitrogens is 1. The number of amides is 2. The molecule has 0 aliphatic carbocycles. The molecular weight excluding hydrogens is 412 g/mol. The SMILES string of the molecule is CN(C)C(=O)c1sc2nccnc2c1C1CCN(C(=O)c2n[nH]c3ccccc23)CC1. The monoisotopic (exact) mass is 434 g/mol. The minimum atomic E-state index is -0.0598. The minimum Gasteiger partial charge on any atom is -0.344 e. The standard InChI is InChI=1S/C22H22N6O2S/c1-27(2)22(30)19-16(18-20(31-19)24-10-9-23-18)13-7-11-28(12-8-13)21(29)17-14-5-3-4-6-15(14)25-26-17/h3-6,9-10,13H,7-8,11-12H2,1-2H3,(H,25,26). The summed E-state index contributed by atoms with van der Waals surface area (Å²) in [4.78, 5) is 39.8. The highest BCUT2D eigenvalue weighted by Crippen LogP contribution is 2.39. The van der Waals surface area contributed by atoms with E-state index in [9.17, 15) is 9.59 Å². The van der Waals surface area contributed by atoms with Crippen LogP contribution >= 0.6 is 11.3 Å². The van der Waals surface area contributed by atoms with Gasteiger partial charge in [-0.05, 0) is 24.8 Å². The van der Waals surface area contributed by atoms with Crippen LogP contribution < -0.4 is 0 Å². The molecule has 4 heterocycles. The molecule has 0 saturated carbocycles. The summed E-state index contributed by atoms with van der Waals surface area (Å²) in [5, 5.41) is 8.03. The van der Waals surface area contributed by atoms with Crippen LogP contribution in [-0.4, -0.2) is 69.0 Å². The van der Waals surface area contributed by atoms with E-state index < -0.39 is 0 Å². The van der Waals surface area contributed by atoms with Gasteiger partial charge in [-0.25, -0.2) is 4.98 Å². The van der Waals surface area contributed by atoms with Crippen LogP contribution in [0.1, 0.15) is 44.5 Å². The maximum absolute atomic E-state index is 13.1. The second-order valence-corrected chi connectivity index (χ2v) is 8.94. The Bertz CT molecular complexity index is 1290. The number of likely N-dealkylation sites (tertiary alicyclic amines) is 1. The number of nitrogens with one attached hydrogen (secondary N) is 1. The van der Waals surface area contributed by atoms with Gasteiger partial charge in [-0.2, -0.15) is 5.10 Å². The second-order valence-electron chi connectivity index (χ2n) is 7.94. The molecule has 5 rings (SSSR count). The van der Waals surface area contributed by atoms with E-state index in [4.69, 9.17) is 0 Å². The van der Waals surface area contributed by atoms with Gasteiger partial charge < -0.3 is 9.80 Å². The Labute approximate surface area is 182 Å². The van der Waals surface area contributed by atoms with E-state index in [2.05, 4.69) is 20.2 Å². The lowest BCUT2D eigenvalue weighted by Crippen LogP contribution is -2.38. The van der Waals surface area contributed by atoms with Gasteiger partial charge in [0.25, 0.3) is 11.8 Å². The summed E-state index contributed by atoms with van der Waals surface area (Å²) in [6.45, 7) is 1.22. The first-order chi connectivity index (χ1) is 15.0. The van der Waals surface area contributed by atoms with E-state index in [0.717, 1.165) is 39.7 Å². The summed E-state index contributed by atoms with van der Waals surface area (Å²) in [6, 6.07) is 7.65. The van der Waals surface area contributed by atoms with Gasteiger partial charge in [0.15, 0.2) is 5.69 Å². The van der Waals surface area contributed by atoms with Crippen LogP contribution in [0.3, 0.4) is 0 Å². The van der Waals surface area contributed by atoms with Gasteiger partial charge in [-0.15, -0.1) is 11.3 Å². The maximum atomic E-state index is 13.1. The smallest absolute Gasteiger partial charge is 0.274 e. The Balaban J connectivity index is 1.41. The molecule has 1 aliphatic heterocycles. The van der Waals surface area contributed by atoms with Crippen LogP contribution in [0.5, 0.6) is 0 Å². The molecule has 1 fully saturated rings. The average molecular weight is 435 g/mol. The number of hydrogen-bond donors (Lipinski definition) is 1. The van der Waals surface area contributed by atoms with E-state index in [1.54, 1.807) is 31.4 Å². The van der Waals surface area contributed by atoms with E-state index in [-0.39, 0.29) is 17.7 Å². The van der Waals surface area contributed by atoms with Gasteiger partial charge in [0.1, 0.15) is 10.3 Å². The van der Waals surface area contributed by atoms with Gasteiger partial charge in [0.05, 0.1) is 10.4 Å².